The molecule has 3 heterocycles. The van der Waals surface area contributed by atoms with Gasteiger partial charge >= 0.3 is 6.61 Å². The highest BCUT2D eigenvalue weighted by atomic mass is 19.3. The van der Waals surface area contributed by atoms with E-state index in [2.05, 4.69) is 9.84 Å². The van der Waals surface area contributed by atoms with Gasteiger partial charge in [0.05, 0.1) is 5.69 Å². The minimum Gasteiger partial charge on any atom is -0.435 e. The number of aromatic nitrogens is 2. The van der Waals surface area contributed by atoms with Crippen LogP contribution in [0.1, 0.15) is 45.8 Å². The van der Waals surface area contributed by atoms with Gasteiger partial charge in [0.25, 0.3) is 11.8 Å². The lowest BCUT2D eigenvalue weighted by Crippen LogP contribution is -2.39. The van der Waals surface area contributed by atoms with E-state index < -0.39 is 12.5 Å². The molecule has 0 aliphatic carbocycles. The average Bonchev–Trinajstić information content (AvgIpc) is 3.26. The minimum absolute atomic E-state index is 0.00938. The summed E-state index contributed by atoms with van der Waals surface area (Å²) in [6.45, 7) is -1.99. The van der Waals surface area contributed by atoms with Crippen LogP contribution in [0.3, 0.4) is 0 Å². The molecular formula is C25H23F2N5O4. The molecule has 3 aromatic rings. The standard InChI is InChI=1S/C25H23F2N5O4/c26-25(27)36-18-10-8-17(9-11-18)32-22-19(21(29-32)23(28)34)12-14-31(24(22)35)16-6-4-15(5-7-16)30-13-2-1-3-20(30)33/h4-11,25H,1-3,12-14H2,(H2,28,34). The van der Waals surface area contributed by atoms with Crippen LogP contribution in [0.15, 0.2) is 48.5 Å². The monoisotopic (exact) mass is 495 g/mol. The highest BCUT2D eigenvalue weighted by Gasteiger charge is 2.34. The van der Waals surface area contributed by atoms with Crippen molar-refractivity contribution in [1.29, 1.82) is 0 Å². The number of fused-ring (bicyclic) bond motifs is 1. The van der Waals surface area contributed by atoms with Crippen molar-refractivity contribution in [2.45, 2.75) is 32.3 Å². The molecule has 2 aromatic carbocycles. The molecule has 9 nitrogen and oxygen atoms in total. The smallest absolute Gasteiger partial charge is 0.387 e. The summed E-state index contributed by atoms with van der Waals surface area (Å²) in [5, 5.41) is 4.28. The molecule has 0 unspecified atom stereocenters. The van der Waals surface area contributed by atoms with Gasteiger partial charge in [0.1, 0.15) is 11.4 Å². The van der Waals surface area contributed by atoms with E-state index in [1.807, 2.05) is 12.1 Å². The number of primary amides is 1. The molecule has 36 heavy (non-hydrogen) atoms. The summed E-state index contributed by atoms with van der Waals surface area (Å²) in [7, 11) is 0. The van der Waals surface area contributed by atoms with E-state index in [0.717, 1.165) is 18.5 Å². The van der Waals surface area contributed by atoms with Crippen LogP contribution >= 0.6 is 0 Å². The predicted octanol–water partition coefficient (Wildman–Crippen LogP) is 3.29. The maximum absolute atomic E-state index is 13.6. The number of nitrogens with zero attached hydrogens (tertiary/aromatic N) is 4. The van der Waals surface area contributed by atoms with Crippen molar-refractivity contribution in [3.63, 3.8) is 0 Å². The van der Waals surface area contributed by atoms with Gasteiger partial charge < -0.3 is 20.3 Å². The topological polar surface area (TPSA) is 111 Å². The summed E-state index contributed by atoms with van der Waals surface area (Å²) in [4.78, 5) is 41.2. The molecule has 186 valence electrons. The molecule has 0 atom stereocenters. The molecule has 1 fully saturated rings. The zero-order valence-electron chi connectivity index (χ0n) is 19.2. The molecule has 5 rings (SSSR count). The Morgan fingerprint density at radius 3 is 2.14 bits per heavy atom. The molecule has 1 aromatic heterocycles. The molecule has 2 aliphatic heterocycles. The molecule has 1 saturated heterocycles. The van der Waals surface area contributed by atoms with Crippen molar-refractivity contribution >= 4 is 29.1 Å². The molecule has 2 N–H and O–H groups in total. The number of rotatable bonds is 6. The molecule has 0 spiro atoms. The first-order valence-electron chi connectivity index (χ1n) is 11.5. The number of hydrogen-bond acceptors (Lipinski definition) is 5. The molecule has 0 saturated carbocycles. The Balaban J connectivity index is 1.47. The molecule has 11 heteroatoms. The van der Waals surface area contributed by atoms with E-state index in [1.165, 1.54) is 28.9 Å². The van der Waals surface area contributed by atoms with Crippen molar-refractivity contribution in [3.8, 4) is 11.4 Å². The zero-order valence-corrected chi connectivity index (χ0v) is 19.2. The lowest BCUT2D eigenvalue weighted by Gasteiger charge is -2.29. The van der Waals surface area contributed by atoms with Crippen LogP contribution in [-0.4, -0.2) is 47.2 Å². The highest BCUT2D eigenvalue weighted by Crippen LogP contribution is 2.31. The van der Waals surface area contributed by atoms with Crippen LogP contribution in [0.4, 0.5) is 20.2 Å². The number of benzene rings is 2. The van der Waals surface area contributed by atoms with Crippen LogP contribution in [0.5, 0.6) is 5.75 Å². The fourth-order valence-corrected chi connectivity index (χ4v) is 4.65. The third kappa shape index (κ3) is 4.28. The molecule has 0 radical (unpaired) electrons. The number of nitrogens with two attached hydrogens (primary N) is 1. The summed E-state index contributed by atoms with van der Waals surface area (Å²) in [6.07, 6.45) is 2.71. The number of carbonyl (C=O) groups is 3. The maximum atomic E-state index is 13.6. The Kier molecular flexibility index (Phi) is 6.13. The van der Waals surface area contributed by atoms with Gasteiger partial charge in [0, 0.05) is 36.4 Å². The second-order valence-corrected chi connectivity index (χ2v) is 8.55. The van der Waals surface area contributed by atoms with E-state index >= 15 is 0 Å². The van der Waals surface area contributed by atoms with E-state index in [0.29, 0.717) is 42.9 Å². The van der Waals surface area contributed by atoms with Gasteiger partial charge in [-0.25, -0.2) is 4.68 Å². The van der Waals surface area contributed by atoms with Gasteiger partial charge in [0.2, 0.25) is 5.91 Å². The number of anilines is 2. The number of amides is 3. The van der Waals surface area contributed by atoms with Crippen LogP contribution in [0.2, 0.25) is 0 Å². The fraction of sp³-hybridized carbons (Fsp3) is 0.280. The number of hydrogen-bond donors (Lipinski definition) is 1. The van der Waals surface area contributed by atoms with Crippen LogP contribution < -0.4 is 20.3 Å². The third-order valence-electron chi connectivity index (χ3n) is 6.35. The SMILES string of the molecule is NC(=O)c1nn(-c2ccc(OC(F)F)cc2)c2c1CCN(c1ccc(N3CCCCC3=O)cc1)C2=O. The largest absolute Gasteiger partial charge is 0.435 e. The first-order chi connectivity index (χ1) is 17.3. The Bertz CT molecular complexity index is 1320. The van der Waals surface area contributed by atoms with E-state index in [-0.39, 0.29) is 29.0 Å². The normalized spacial score (nSPS) is 15.9. The average molecular weight is 495 g/mol. The third-order valence-corrected chi connectivity index (χ3v) is 6.35. The Morgan fingerprint density at radius 2 is 1.53 bits per heavy atom. The Labute approximate surface area is 205 Å². The molecule has 3 amide bonds. The predicted molar refractivity (Wildman–Crippen MR) is 127 cm³/mol. The summed E-state index contributed by atoms with van der Waals surface area (Å²) in [5.74, 6) is -1.11. The lowest BCUT2D eigenvalue weighted by molar-refractivity contribution is -0.119. The number of carbonyl (C=O) groups excluding carboxylic acids is 3. The highest BCUT2D eigenvalue weighted by molar-refractivity contribution is 6.09. The van der Waals surface area contributed by atoms with Gasteiger partial charge in [-0.1, -0.05) is 0 Å². The van der Waals surface area contributed by atoms with E-state index in [9.17, 15) is 23.2 Å². The van der Waals surface area contributed by atoms with Crippen molar-refractivity contribution < 1.29 is 27.9 Å². The second kappa shape index (κ2) is 9.40. The lowest BCUT2D eigenvalue weighted by atomic mass is 10.0. The number of ether oxygens (including phenoxy) is 1. The Hall–Kier alpha value is -4.28. The summed E-state index contributed by atoms with van der Waals surface area (Å²) < 4.78 is 30.7. The molecular weight excluding hydrogens is 472 g/mol. The number of piperidine rings is 1. The van der Waals surface area contributed by atoms with Crippen molar-refractivity contribution in [3.05, 3.63) is 65.5 Å². The quantitative estimate of drug-likeness (QED) is 0.564. The first-order valence-corrected chi connectivity index (χ1v) is 11.5. The van der Waals surface area contributed by atoms with Crippen molar-refractivity contribution in [1.82, 2.24) is 9.78 Å². The van der Waals surface area contributed by atoms with Gasteiger partial charge in [-0.05, 0) is 67.8 Å². The number of halogens is 2. The van der Waals surface area contributed by atoms with Gasteiger partial charge in [0.15, 0.2) is 5.69 Å². The summed E-state index contributed by atoms with van der Waals surface area (Å²) >= 11 is 0. The van der Waals surface area contributed by atoms with Gasteiger partial charge in [-0.3, -0.25) is 14.4 Å². The van der Waals surface area contributed by atoms with Crippen LogP contribution in [0.25, 0.3) is 5.69 Å². The van der Waals surface area contributed by atoms with Gasteiger partial charge in [-0.15, -0.1) is 0 Å². The van der Waals surface area contributed by atoms with Crippen molar-refractivity contribution in [2.24, 2.45) is 5.73 Å². The van der Waals surface area contributed by atoms with Gasteiger partial charge in [-0.2, -0.15) is 13.9 Å². The summed E-state index contributed by atoms with van der Waals surface area (Å²) in [6, 6.07) is 12.8. The fourth-order valence-electron chi connectivity index (χ4n) is 4.65. The van der Waals surface area contributed by atoms with Crippen molar-refractivity contribution in [2.75, 3.05) is 22.9 Å². The maximum Gasteiger partial charge on any atom is 0.387 e. The zero-order chi connectivity index (χ0) is 25.4. The van der Waals surface area contributed by atoms with E-state index in [1.54, 1.807) is 21.9 Å². The number of alkyl halides is 2. The summed E-state index contributed by atoms with van der Waals surface area (Å²) in [5.41, 5.74) is 7.92. The van der Waals surface area contributed by atoms with Crippen LogP contribution in [0, 0.1) is 0 Å². The molecule has 0 bridgehead atoms. The second-order valence-electron chi connectivity index (χ2n) is 8.55. The van der Waals surface area contributed by atoms with E-state index in [4.69, 9.17) is 5.73 Å². The van der Waals surface area contributed by atoms with Crippen LogP contribution in [-0.2, 0) is 11.2 Å². The Morgan fingerprint density at radius 1 is 0.889 bits per heavy atom. The minimum atomic E-state index is -2.97. The molecule has 2 aliphatic rings. The first kappa shape index (κ1) is 23.5.